The molecule has 0 bridgehead atoms. The van der Waals surface area contributed by atoms with Crippen molar-refractivity contribution >= 4 is 11.6 Å². The van der Waals surface area contributed by atoms with E-state index in [2.05, 4.69) is 22.4 Å². The second kappa shape index (κ2) is 7.59. The summed E-state index contributed by atoms with van der Waals surface area (Å²) in [6.07, 6.45) is 1.96. The minimum atomic E-state index is 0.631. The molecule has 0 aliphatic rings. The molecule has 0 amide bonds. The number of hydrogen-bond acceptors (Lipinski definition) is 4. The SMILES string of the molecule is CCn1nc(C)c(Cl)c1Cn1ccc(CNCCOC)n1. The van der Waals surface area contributed by atoms with Gasteiger partial charge in [0, 0.05) is 32.9 Å². The molecule has 7 heteroatoms. The molecule has 6 nitrogen and oxygen atoms in total. The minimum absolute atomic E-state index is 0.631. The fourth-order valence-electron chi connectivity index (χ4n) is 2.15. The standard InChI is InChI=1S/C14H22ClN5O/c1-4-20-13(14(15)11(2)17-20)10-19-7-5-12(18-19)9-16-6-8-21-3/h5,7,16H,4,6,8-10H2,1-3H3. The lowest BCUT2D eigenvalue weighted by Gasteiger charge is -2.06. The predicted molar refractivity (Wildman–Crippen MR) is 82.6 cm³/mol. The third-order valence-corrected chi connectivity index (χ3v) is 3.74. The fraction of sp³-hybridized carbons (Fsp3) is 0.571. The fourth-order valence-corrected chi connectivity index (χ4v) is 2.35. The van der Waals surface area contributed by atoms with Crippen molar-refractivity contribution in [1.29, 1.82) is 0 Å². The van der Waals surface area contributed by atoms with Crippen LogP contribution in [0.15, 0.2) is 12.3 Å². The molecule has 0 fully saturated rings. The molecular weight excluding hydrogens is 290 g/mol. The molecule has 1 N–H and O–H groups in total. The van der Waals surface area contributed by atoms with Crippen LogP contribution >= 0.6 is 11.6 Å². The van der Waals surface area contributed by atoms with E-state index >= 15 is 0 Å². The van der Waals surface area contributed by atoms with Gasteiger partial charge in [0.05, 0.1) is 35.3 Å². The van der Waals surface area contributed by atoms with Gasteiger partial charge in [0.25, 0.3) is 0 Å². The number of methoxy groups -OCH3 is 1. The van der Waals surface area contributed by atoms with Gasteiger partial charge in [-0.2, -0.15) is 10.2 Å². The van der Waals surface area contributed by atoms with Gasteiger partial charge in [-0.1, -0.05) is 11.6 Å². The van der Waals surface area contributed by atoms with Crippen LogP contribution < -0.4 is 5.32 Å². The van der Waals surface area contributed by atoms with Crippen LogP contribution in [-0.4, -0.2) is 39.8 Å². The molecule has 0 saturated heterocycles. The molecule has 0 saturated carbocycles. The monoisotopic (exact) mass is 311 g/mol. The maximum absolute atomic E-state index is 6.32. The normalized spacial score (nSPS) is 11.2. The van der Waals surface area contributed by atoms with E-state index in [0.717, 1.165) is 41.7 Å². The highest BCUT2D eigenvalue weighted by atomic mass is 35.5. The van der Waals surface area contributed by atoms with Crippen molar-refractivity contribution in [3.63, 3.8) is 0 Å². The van der Waals surface area contributed by atoms with Gasteiger partial charge in [-0.05, 0) is 19.9 Å². The van der Waals surface area contributed by atoms with E-state index in [0.29, 0.717) is 13.2 Å². The van der Waals surface area contributed by atoms with Crippen LogP contribution in [0.3, 0.4) is 0 Å². The van der Waals surface area contributed by atoms with Gasteiger partial charge in [0.15, 0.2) is 0 Å². The Hall–Kier alpha value is -1.37. The second-order valence-electron chi connectivity index (χ2n) is 4.84. The van der Waals surface area contributed by atoms with Gasteiger partial charge in [-0.3, -0.25) is 9.36 Å². The Morgan fingerprint density at radius 3 is 2.90 bits per heavy atom. The third kappa shape index (κ3) is 4.06. The number of nitrogens with zero attached hydrogens (tertiary/aromatic N) is 4. The molecule has 2 aromatic heterocycles. The summed E-state index contributed by atoms with van der Waals surface area (Å²) in [5.41, 5.74) is 2.86. The van der Waals surface area contributed by atoms with Crippen LogP contribution in [0, 0.1) is 6.92 Å². The smallest absolute Gasteiger partial charge is 0.0866 e. The van der Waals surface area contributed by atoms with Gasteiger partial charge >= 0.3 is 0 Å². The molecule has 0 radical (unpaired) electrons. The Labute approximate surface area is 130 Å². The van der Waals surface area contributed by atoms with E-state index in [1.165, 1.54) is 0 Å². The Kier molecular flexibility index (Phi) is 5.78. The average Bonchev–Trinajstić information content (AvgIpc) is 3.03. The molecule has 0 atom stereocenters. The van der Waals surface area contributed by atoms with Crippen LogP contribution in [0.25, 0.3) is 0 Å². The van der Waals surface area contributed by atoms with E-state index in [4.69, 9.17) is 16.3 Å². The minimum Gasteiger partial charge on any atom is -0.383 e. The first kappa shape index (κ1) is 16.0. The van der Waals surface area contributed by atoms with Gasteiger partial charge in [-0.25, -0.2) is 0 Å². The quantitative estimate of drug-likeness (QED) is 0.756. The molecule has 116 valence electrons. The number of rotatable bonds is 8. The summed E-state index contributed by atoms with van der Waals surface area (Å²) in [6, 6.07) is 2.01. The predicted octanol–water partition coefficient (Wildman–Crippen LogP) is 1.85. The number of aryl methyl sites for hydroxylation is 2. The average molecular weight is 312 g/mol. The zero-order chi connectivity index (χ0) is 15.2. The molecular formula is C14H22ClN5O. The molecule has 0 aliphatic heterocycles. The van der Waals surface area contributed by atoms with E-state index in [-0.39, 0.29) is 0 Å². The Morgan fingerprint density at radius 2 is 2.19 bits per heavy atom. The summed E-state index contributed by atoms with van der Waals surface area (Å²) in [5.74, 6) is 0. The summed E-state index contributed by atoms with van der Waals surface area (Å²) < 4.78 is 8.81. The lowest BCUT2D eigenvalue weighted by Crippen LogP contribution is -2.19. The first-order valence-electron chi connectivity index (χ1n) is 7.09. The highest BCUT2D eigenvalue weighted by Crippen LogP contribution is 2.21. The van der Waals surface area contributed by atoms with Crippen LogP contribution in [-0.2, 0) is 24.4 Å². The molecule has 0 aromatic carbocycles. The van der Waals surface area contributed by atoms with Gasteiger partial charge in [0.1, 0.15) is 0 Å². The van der Waals surface area contributed by atoms with E-state index in [1.807, 2.05) is 28.6 Å². The lowest BCUT2D eigenvalue weighted by molar-refractivity contribution is 0.199. The summed E-state index contributed by atoms with van der Waals surface area (Å²) >= 11 is 6.32. The van der Waals surface area contributed by atoms with Crippen molar-refractivity contribution < 1.29 is 4.74 Å². The molecule has 21 heavy (non-hydrogen) atoms. The summed E-state index contributed by atoms with van der Waals surface area (Å²) in [7, 11) is 1.69. The molecule has 0 spiro atoms. The second-order valence-corrected chi connectivity index (χ2v) is 5.21. The van der Waals surface area contributed by atoms with Crippen molar-refractivity contribution in [2.75, 3.05) is 20.3 Å². The largest absolute Gasteiger partial charge is 0.383 e. The van der Waals surface area contributed by atoms with Crippen molar-refractivity contribution in [2.24, 2.45) is 0 Å². The van der Waals surface area contributed by atoms with Gasteiger partial charge in [-0.15, -0.1) is 0 Å². The number of hydrogen-bond donors (Lipinski definition) is 1. The first-order valence-corrected chi connectivity index (χ1v) is 7.47. The summed E-state index contributed by atoms with van der Waals surface area (Å²) in [4.78, 5) is 0. The van der Waals surface area contributed by atoms with Crippen molar-refractivity contribution in [3.8, 4) is 0 Å². The number of aromatic nitrogens is 4. The topological polar surface area (TPSA) is 56.9 Å². The van der Waals surface area contributed by atoms with Gasteiger partial charge in [0.2, 0.25) is 0 Å². The van der Waals surface area contributed by atoms with Crippen LogP contribution in [0.2, 0.25) is 5.02 Å². The summed E-state index contributed by atoms with van der Waals surface area (Å²) in [6.45, 7) is 7.66. The Bertz CT molecular complexity index is 578. The molecule has 2 aromatic rings. The van der Waals surface area contributed by atoms with Gasteiger partial charge < -0.3 is 10.1 Å². The van der Waals surface area contributed by atoms with E-state index in [1.54, 1.807) is 7.11 Å². The van der Waals surface area contributed by atoms with Crippen molar-refractivity contribution in [3.05, 3.63) is 34.4 Å². The molecule has 0 aliphatic carbocycles. The first-order chi connectivity index (χ1) is 10.2. The number of ether oxygens (including phenoxy) is 1. The van der Waals surface area contributed by atoms with Crippen LogP contribution in [0.5, 0.6) is 0 Å². The van der Waals surface area contributed by atoms with Crippen molar-refractivity contribution in [2.45, 2.75) is 33.5 Å². The maximum Gasteiger partial charge on any atom is 0.0866 e. The molecule has 2 heterocycles. The molecule has 0 unspecified atom stereocenters. The zero-order valence-electron chi connectivity index (χ0n) is 12.8. The van der Waals surface area contributed by atoms with Crippen LogP contribution in [0.4, 0.5) is 0 Å². The Morgan fingerprint density at radius 1 is 1.38 bits per heavy atom. The zero-order valence-corrected chi connectivity index (χ0v) is 13.5. The van der Waals surface area contributed by atoms with E-state index < -0.39 is 0 Å². The molecule has 2 rings (SSSR count). The highest BCUT2D eigenvalue weighted by Gasteiger charge is 2.13. The third-order valence-electron chi connectivity index (χ3n) is 3.25. The number of halogens is 1. The van der Waals surface area contributed by atoms with E-state index in [9.17, 15) is 0 Å². The van der Waals surface area contributed by atoms with Crippen LogP contribution in [0.1, 0.15) is 24.0 Å². The summed E-state index contributed by atoms with van der Waals surface area (Å²) in [5, 5.41) is 13.0. The highest BCUT2D eigenvalue weighted by molar-refractivity contribution is 6.31. The lowest BCUT2D eigenvalue weighted by atomic mass is 10.3. The Balaban J connectivity index is 1.99. The number of nitrogens with one attached hydrogen (secondary N) is 1. The van der Waals surface area contributed by atoms with Crippen molar-refractivity contribution in [1.82, 2.24) is 24.9 Å². The maximum atomic E-state index is 6.32.